The molecule has 1 amide bonds. The number of rotatable bonds is 5. The number of carbonyl (C=O) groups excluding carboxylic acids is 1. The van der Waals surface area contributed by atoms with Crippen LogP contribution in [0.15, 0.2) is 0 Å². The first-order valence-electron chi connectivity index (χ1n) is 7.73. The minimum absolute atomic E-state index is 0.0290. The fraction of sp³-hybridized carbons (Fsp3) is 0.667. The van der Waals surface area contributed by atoms with Gasteiger partial charge in [0.05, 0.1) is 11.4 Å². The van der Waals surface area contributed by atoms with Crippen molar-refractivity contribution >= 4 is 50.7 Å². The fourth-order valence-corrected chi connectivity index (χ4v) is 4.84. The van der Waals surface area contributed by atoms with E-state index in [1.807, 2.05) is 0 Å². The van der Waals surface area contributed by atoms with E-state index in [1.54, 1.807) is 11.3 Å². The zero-order chi connectivity index (χ0) is 16.1. The van der Waals surface area contributed by atoms with E-state index < -0.39 is 0 Å². The lowest BCUT2D eigenvalue weighted by Gasteiger charge is -2.20. The van der Waals surface area contributed by atoms with Crippen molar-refractivity contribution in [1.82, 2.24) is 9.88 Å². The number of anilines is 1. The number of fused-ring (bicyclic) bond motifs is 1. The number of hydrogen-bond donors (Lipinski definition) is 1. The Hall–Kier alpha value is -0.660. The van der Waals surface area contributed by atoms with E-state index in [9.17, 15) is 4.79 Å². The molecule has 1 aliphatic rings. The number of thioether (sulfide) groups is 1. The average Bonchev–Trinajstić information content (AvgIpc) is 2.87. The van der Waals surface area contributed by atoms with Crippen molar-refractivity contribution in [2.24, 2.45) is 5.92 Å². The largest absolute Gasteiger partial charge is 0.358 e. The molecule has 1 N–H and O–H groups in total. The van der Waals surface area contributed by atoms with Crippen molar-refractivity contribution in [3.63, 3.8) is 0 Å². The lowest BCUT2D eigenvalue weighted by atomic mass is 9.93. The first kappa shape index (κ1) is 17.7. The molecule has 0 unspecified atom stereocenters. The third kappa shape index (κ3) is 4.67. The van der Waals surface area contributed by atoms with Gasteiger partial charge < -0.3 is 10.2 Å². The van der Waals surface area contributed by atoms with Gasteiger partial charge in [-0.3, -0.25) is 4.79 Å². The molecule has 0 saturated carbocycles. The van der Waals surface area contributed by atoms with E-state index in [1.165, 1.54) is 28.8 Å². The first-order valence-corrected chi connectivity index (χ1v) is 9.94. The van der Waals surface area contributed by atoms with Crippen LogP contribution in [-0.2, 0) is 17.6 Å². The van der Waals surface area contributed by atoms with Crippen LogP contribution in [0.5, 0.6) is 0 Å². The van der Waals surface area contributed by atoms with Crippen LogP contribution in [-0.4, -0.2) is 39.0 Å². The molecule has 2 rings (SSSR count). The molecule has 0 aliphatic heterocycles. The second kappa shape index (κ2) is 8.26. The lowest BCUT2D eigenvalue weighted by molar-refractivity contribution is -0.113. The molecule has 0 fully saturated rings. The van der Waals surface area contributed by atoms with Crippen molar-refractivity contribution < 1.29 is 4.79 Å². The van der Waals surface area contributed by atoms with Crippen LogP contribution in [0.2, 0.25) is 0 Å². The van der Waals surface area contributed by atoms with Crippen LogP contribution in [0.25, 0.3) is 0 Å². The highest BCUT2D eigenvalue weighted by molar-refractivity contribution is 8.23. The van der Waals surface area contributed by atoms with Gasteiger partial charge >= 0.3 is 0 Å². The van der Waals surface area contributed by atoms with Crippen LogP contribution in [0.3, 0.4) is 0 Å². The molecule has 22 heavy (non-hydrogen) atoms. The van der Waals surface area contributed by atoms with Gasteiger partial charge in [0, 0.05) is 18.0 Å². The highest BCUT2D eigenvalue weighted by Gasteiger charge is 2.20. The van der Waals surface area contributed by atoms with E-state index in [-0.39, 0.29) is 5.91 Å². The van der Waals surface area contributed by atoms with Crippen molar-refractivity contribution in [2.75, 3.05) is 24.2 Å². The molecule has 122 valence electrons. The molecule has 0 radical (unpaired) electrons. The van der Waals surface area contributed by atoms with Gasteiger partial charge in [-0.25, -0.2) is 4.98 Å². The number of nitrogens with one attached hydrogen (secondary N) is 1. The molecule has 1 aliphatic carbocycles. The summed E-state index contributed by atoms with van der Waals surface area (Å²) in [5, 5.41) is 3.65. The van der Waals surface area contributed by atoms with E-state index in [2.05, 4.69) is 36.0 Å². The molecule has 1 atom stereocenters. The van der Waals surface area contributed by atoms with Gasteiger partial charge in [-0.05, 0) is 39.0 Å². The van der Waals surface area contributed by atoms with Crippen molar-refractivity contribution in [3.05, 3.63) is 10.6 Å². The summed E-state index contributed by atoms with van der Waals surface area (Å²) < 4.78 is 0.785. The standard InChI is InChI=1S/C15H23N3OS3/c1-4-18(5-2)15(20)21-9-13(19)17-14-16-11-7-6-10(3)8-12(11)22-14/h10H,4-9H2,1-3H3,(H,16,17,19)/t10-/m1/s1. The van der Waals surface area contributed by atoms with Crippen LogP contribution in [0, 0.1) is 5.92 Å². The van der Waals surface area contributed by atoms with Gasteiger partial charge in [0.2, 0.25) is 5.91 Å². The maximum atomic E-state index is 12.0. The Balaban J connectivity index is 1.84. The molecule has 1 aromatic heterocycles. The summed E-state index contributed by atoms with van der Waals surface area (Å²) in [7, 11) is 0. The minimum Gasteiger partial charge on any atom is -0.358 e. The molecule has 0 saturated heterocycles. The Labute approximate surface area is 146 Å². The maximum Gasteiger partial charge on any atom is 0.236 e. The number of aromatic nitrogens is 1. The number of thiocarbonyl (C=S) groups is 1. The monoisotopic (exact) mass is 357 g/mol. The number of thiazole rings is 1. The Morgan fingerprint density at radius 2 is 2.23 bits per heavy atom. The predicted octanol–water partition coefficient (Wildman–Crippen LogP) is 3.57. The number of amides is 1. The summed E-state index contributed by atoms with van der Waals surface area (Å²) in [4.78, 5) is 20.0. The Morgan fingerprint density at radius 1 is 1.50 bits per heavy atom. The van der Waals surface area contributed by atoms with Gasteiger partial charge in [0.1, 0.15) is 4.32 Å². The highest BCUT2D eigenvalue weighted by atomic mass is 32.2. The molecule has 0 bridgehead atoms. The van der Waals surface area contributed by atoms with Gasteiger partial charge in [-0.2, -0.15) is 0 Å². The third-order valence-corrected chi connectivity index (χ3v) is 6.34. The molecule has 1 heterocycles. The topological polar surface area (TPSA) is 45.2 Å². The van der Waals surface area contributed by atoms with Gasteiger partial charge in [0.25, 0.3) is 0 Å². The molecular weight excluding hydrogens is 334 g/mol. The van der Waals surface area contributed by atoms with Crippen LogP contribution in [0.1, 0.15) is 37.8 Å². The SMILES string of the molecule is CCN(CC)C(=S)SCC(=O)Nc1nc2c(s1)C[C@H](C)CC2. The normalized spacial score (nSPS) is 17.0. The van der Waals surface area contributed by atoms with Crippen LogP contribution in [0.4, 0.5) is 5.13 Å². The van der Waals surface area contributed by atoms with Gasteiger partial charge in [-0.1, -0.05) is 30.9 Å². The van der Waals surface area contributed by atoms with Gasteiger partial charge in [0.15, 0.2) is 5.13 Å². The molecular formula is C15H23N3OS3. The number of aryl methyl sites for hydroxylation is 1. The number of carbonyl (C=O) groups is 1. The molecule has 4 nitrogen and oxygen atoms in total. The van der Waals surface area contributed by atoms with E-state index in [4.69, 9.17) is 12.2 Å². The zero-order valence-electron chi connectivity index (χ0n) is 13.3. The summed E-state index contributed by atoms with van der Waals surface area (Å²) in [5.41, 5.74) is 1.17. The minimum atomic E-state index is -0.0290. The van der Waals surface area contributed by atoms with Crippen molar-refractivity contribution in [1.29, 1.82) is 0 Å². The van der Waals surface area contributed by atoms with Crippen molar-refractivity contribution in [3.8, 4) is 0 Å². The molecule has 0 spiro atoms. The second-order valence-corrected chi connectivity index (χ2v) is 8.20. The summed E-state index contributed by atoms with van der Waals surface area (Å²) in [5.74, 6) is 1.04. The zero-order valence-corrected chi connectivity index (χ0v) is 15.8. The first-order chi connectivity index (χ1) is 10.5. The predicted molar refractivity (Wildman–Crippen MR) is 99.9 cm³/mol. The maximum absolute atomic E-state index is 12.0. The molecule has 0 aromatic carbocycles. The Morgan fingerprint density at radius 3 is 2.91 bits per heavy atom. The number of nitrogens with zero attached hydrogens (tertiary/aromatic N) is 2. The summed E-state index contributed by atoms with van der Waals surface area (Å²) in [6, 6.07) is 0. The average molecular weight is 358 g/mol. The van der Waals surface area contributed by atoms with E-state index >= 15 is 0 Å². The van der Waals surface area contributed by atoms with Crippen LogP contribution < -0.4 is 5.32 Å². The fourth-order valence-electron chi connectivity index (χ4n) is 2.45. The highest BCUT2D eigenvalue weighted by Crippen LogP contribution is 2.32. The van der Waals surface area contributed by atoms with E-state index in [0.717, 1.165) is 41.3 Å². The summed E-state index contributed by atoms with van der Waals surface area (Å²) in [6.07, 6.45) is 3.31. The second-order valence-electron chi connectivity index (χ2n) is 5.51. The third-order valence-electron chi connectivity index (χ3n) is 3.78. The molecule has 1 aromatic rings. The van der Waals surface area contributed by atoms with Crippen molar-refractivity contribution in [2.45, 2.75) is 40.0 Å². The van der Waals surface area contributed by atoms with Gasteiger partial charge in [-0.15, -0.1) is 11.3 Å². The summed E-state index contributed by atoms with van der Waals surface area (Å²) in [6.45, 7) is 8.16. The Kier molecular flexibility index (Phi) is 6.65. The smallest absolute Gasteiger partial charge is 0.236 e. The molecule has 7 heteroatoms. The Bertz CT molecular complexity index is 540. The summed E-state index contributed by atoms with van der Waals surface area (Å²) >= 11 is 8.38. The lowest BCUT2D eigenvalue weighted by Crippen LogP contribution is -2.28. The van der Waals surface area contributed by atoms with Crippen LogP contribution >= 0.6 is 35.3 Å². The quantitative estimate of drug-likeness (QED) is 0.816. The number of hydrogen-bond acceptors (Lipinski definition) is 5. The van der Waals surface area contributed by atoms with E-state index in [0.29, 0.717) is 5.75 Å².